The van der Waals surface area contributed by atoms with Gasteiger partial charge in [0.15, 0.2) is 0 Å². The summed E-state index contributed by atoms with van der Waals surface area (Å²) in [6.07, 6.45) is -2.17. The molecule has 1 unspecified atom stereocenters. The third-order valence-corrected chi connectivity index (χ3v) is 3.17. The van der Waals surface area contributed by atoms with Crippen LogP contribution in [0.15, 0.2) is 36.5 Å². The number of aromatic nitrogens is 2. The van der Waals surface area contributed by atoms with Crippen LogP contribution in [0.25, 0.3) is 0 Å². The second kappa shape index (κ2) is 5.66. The van der Waals surface area contributed by atoms with E-state index in [0.29, 0.717) is 6.42 Å². The molecule has 108 valence electrons. The van der Waals surface area contributed by atoms with Crippen molar-refractivity contribution in [2.24, 2.45) is 7.05 Å². The molecule has 0 fully saturated rings. The van der Waals surface area contributed by atoms with Crippen molar-refractivity contribution in [3.63, 3.8) is 0 Å². The molecule has 0 aliphatic heterocycles. The smallest absolute Gasteiger partial charge is 0.313 e. The van der Waals surface area contributed by atoms with E-state index in [9.17, 15) is 13.2 Å². The largest absolute Gasteiger partial charge is 0.416 e. The molecule has 0 amide bonds. The first-order valence-corrected chi connectivity index (χ1v) is 6.23. The number of nitrogens with zero attached hydrogens (tertiary/aromatic N) is 2. The Morgan fingerprint density at radius 1 is 1.25 bits per heavy atom. The van der Waals surface area contributed by atoms with Crippen molar-refractivity contribution >= 4 is 0 Å². The first kappa shape index (κ1) is 14.6. The third kappa shape index (κ3) is 3.19. The Bertz CT molecular complexity index is 575. The molecule has 1 aromatic carbocycles. The average molecular weight is 283 g/mol. The van der Waals surface area contributed by atoms with E-state index < -0.39 is 17.8 Å². The lowest BCUT2D eigenvalue weighted by atomic mass is 9.96. The summed E-state index contributed by atoms with van der Waals surface area (Å²) in [7, 11) is 3.43. The van der Waals surface area contributed by atoms with Crippen LogP contribution in [0.2, 0.25) is 0 Å². The minimum absolute atomic E-state index is 0.244. The van der Waals surface area contributed by atoms with Gasteiger partial charge >= 0.3 is 6.18 Å². The topological polar surface area (TPSA) is 29.9 Å². The summed E-state index contributed by atoms with van der Waals surface area (Å²) in [6, 6.07) is 7.02. The molecule has 20 heavy (non-hydrogen) atoms. The highest BCUT2D eigenvalue weighted by Gasteiger charge is 2.34. The molecule has 0 spiro atoms. The molecule has 0 saturated carbocycles. The van der Waals surface area contributed by atoms with Gasteiger partial charge in [0.25, 0.3) is 0 Å². The van der Waals surface area contributed by atoms with Crippen LogP contribution in [-0.2, 0) is 19.6 Å². The second-order valence-corrected chi connectivity index (χ2v) is 4.61. The predicted octanol–water partition coefficient (Wildman–Crippen LogP) is 2.94. The lowest BCUT2D eigenvalue weighted by Crippen LogP contribution is -2.23. The van der Waals surface area contributed by atoms with Crippen LogP contribution in [0.4, 0.5) is 13.2 Å². The molecule has 0 aliphatic rings. The molecule has 0 radical (unpaired) electrons. The van der Waals surface area contributed by atoms with Gasteiger partial charge in [0.1, 0.15) is 0 Å². The number of alkyl halides is 3. The fraction of sp³-hybridized carbons (Fsp3) is 0.357. The van der Waals surface area contributed by atoms with Crippen molar-refractivity contribution in [3.05, 3.63) is 53.3 Å². The van der Waals surface area contributed by atoms with Gasteiger partial charge in [-0.15, -0.1) is 0 Å². The number of hydrogen-bond donors (Lipinski definition) is 1. The molecule has 2 rings (SSSR count). The van der Waals surface area contributed by atoms with Crippen molar-refractivity contribution in [1.82, 2.24) is 15.1 Å². The SMILES string of the molecule is CNC(Cc1ccn(C)n1)c1ccccc1C(F)(F)F. The van der Waals surface area contributed by atoms with Crippen LogP contribution < -0.4 is 5.32 Å². The van der Waals surface area contributed by atoms with Crippen LogP contribution in [0.3, 0.4) is 0 Å². The maximum atomic E-state index is 13.0. The van der Waals surface area contributed by atoms with Crippen molar-refractivity contribution < 1.29 is 13.2 Å². The van der Waals surface area contributed by atoms with E-state index in [1.807, 2.05) is 0 Å². The van der Waals surface area contributed by atoms with Gasteiger partial charge in [0.2, 0.25) is 0 Å². The van der Waals surface area contributed by atoms with E-state index >= 15 is 0 Å². The zero-order valence-electron chi connectivity index (χ0n) is 11.3. The van der Waals surface area contributed by atoms with Gasteiger partial charge in [-0.05, 0) is 24.7 Å². The van der Waals surface area contributed by atoms with Gasteiger partial charge < -0.3 is 5.32 Å². The molecular formula is C14H16F3N3. The molecule has 0 bridgehead atoms. The number of rotatable bonds is 4. The number of aryl methyl sites for hydroxylation is 1. The number of hydrogen-bond acceptors (Lipinski definition) is 2. The molecule has 1 aromatic heterocycles. The van der Waals surface area contributed by atoms with Crippen LogP contribution in [0.5, 0.6) is 0 Å². The Labute approximate surface area is 115 Å². The quantitative estimate of drug-likeness (QED) is 0.935. The maximum Gasteiger partial charge on any atom is 0.416 e. The van der Waals surface area contributed by atoms with Crippen molar-refractivity contribution in [2.75, 3.05) is 7.05 Å². The van der Waals surface area contributed by atoms with Gasteiger partial charge in [0.05, 0.1) is 11.3 Å². The van der Waals surface area contributed by atoms with Crippen LogP contribution in [-0.4, -0.2) is 16.8 Å². The normalized spacial score (nSPS) is 13.4. The molecule has 1 atom stereocenters. The molecule has 0 saturated heterocycles. The van der Waals surface area contributed by atoms with Gasteiger partial charge in [-0.25, -0.2) is 0 Å². The average Bonchev–Trinajstić information content (AvgIpc) is 2.80. The third-order valence-electron chi connectivity index (χ3n) is 3.17. The van der Waals surface area contributed by atoms with Gasteiger partial charge in [-0.2, -0.15) is 18.3 Å². The van der Waals surface area contributed by atoms with Gasteiger partial charge in [0, 0.05) is 25.7 Å². The van der Waals surface area contributed by atoms with Crippen LogP contribution >= 0.6 is 0 Å². The number of nitrogens with one attached hydrogen (secondary N) is 1. The van der Waals surface area contributed by atoms with E-state index in [2.05, 4.69) is 10.4 Å². The fourth-order valence-corrected chi connectivity index (χ4v) is 2.21. The number of benzene rings is 1. The zero-order valence-corrected chi connectivity index (χ0v) is 11.3. The first-order valence-electron chi connectivity index (χ1n) is 6.23. The molecule has 2 aromatic rings. The molecule has 0 aliphatic carbocycles. The summed E-state index contributed by atoms with van der Waals surface area (Å²) in [5.41, 5.74) is 0.396. The fourth-order valence-electron chi connectivity index (χ4n) is 2.21. The second-order valence-electron chi connectivity index (χ2n) is 4.61. The minimum Gasteiger partial charge on any atom is -0.313 e. The standard InChI is InChI=1S/C14H16F3N3/c1-18-13(9-10-7-8-20(2)19-10)11-5-3-4-6-12(11)14(15,16)17/h3-8,13,18H,9H2,1-2H3. The monoisotopic (exact) mass is 283 g/mol. The molecule has 3 nitrogen and oxygen atoms in total. The van der Waals surface area contributed by atoms with E-state index in [1.165, 1.54) is 12.1 Å². The summed E-state index contributed by atoms with van der Waals surface area (Å²) in [4.78, 5) is 0. The highest BCUT2D eigenvalue weighted by molar-refractivity contribution is 5.33. The Morgan fingerprint density at radius 3 is 2.50 bits per heavy atom. The lowest BCUT2D eigenvalue weighted by Gasteiger charge is -2.20. The molecule has 1 heterocycles. The predicted molar refractivity (Wildman–Crippen MR) is 70.2 cm³/mol. The Kier molecular flexibility index (Phi) is 4.13. The first-order chi connectivity index (χ1) is 9.41. The van der Waals surface area contributed by atoms with Crippen molar-refractivity contribution in [3.8, 4) is 0 Å². The highest BCUT2D eigenvalue weighted by Crippen LogP contribution is 2.35. The minimum atomic E-state index is -4.35. The van der Waals surface area contributed by atoms with E-state index in [0.717, 1.165) is 11.8 Å². The number of halogens is 3. The molecule has 6 heteroatoms. The van der Waals surface area contributed by atoms with E-state index in [-0.39, 0.29) is 5.56 Å². The molecule has 1 N–H and O–H groups in total. The van der Waals surface area contributed by atoms with Crippen LogP contribution in [0.1, 0.15) is 22.9 Å². The van der Waals surface area contributed by atoms with Crippen molar-refractivity contribution in [2.45, 2.75) is 18.6 Å². The highest BCUT2D eigenvalue weighted by atomic mass is 19.4. The summed E-state index contributed by atoms with van der Waals surface area (Å²) < 4.78 is 40.8. The van der Waals surface area contributed by atoms with Gasteiger partial charge in [-0.1, -0.05) is 18.2 Å². The summed E-state index contributed by atoms with van der Waals surface area (Å²) >= 11 is 0. The summed E-state index contributed by atoms with van der Waals surface area (Å²) in [5.74, 6) is 0. The number of likely N-dealkylation sites (N-methyl/N-ethyl adjacent to an activating group) is 1. The van der Waals surface area contributed by atoms with Crippen molar-refractivity contribution in [1.29, 1.82) is 0 Å². The Hall–Kier alpha value is -1.82. The van der Waals surface area contributed by atoms with Gasteiger partial charge in [-0.3, -0.25) is 4.68 Å². The lowest BCUT2D eigenvalue weighted by molar-refractivity contribution is -0.138. The summed E-state index contributed by atoms with van der Waals surface area (Å²) in [6.45, 7) is 0. The summed E-state index contributed by atoms with van der Waals surface area (Å²) in [5, 5.41) is 7.15. The van der Waals surface area contributed by atoms with E-state index in [4.69, 9.17) is 0 Å². The van der Waals surface area contributed by atoms with E-state index in [1.54, 1.807) is 37.1 Å². The zero-order chi connectivity index (χ0) is 14.8. The molecular weight excluding hydrogens is 267 g/mol. The Morgan fingerprint density at radius 2 is 1.95 bits per heavy atom. The van der Waals surface area contributed by atoms with Crippen LogP contribution in [0, 0.1) is 0 Å². The Balaban J connectivity index is 2.32. The maximum absolute atomic E-state index is 13.0.